The van der Waals surface area contributed by atoms with Crippen LogP contribution in [0.3, 0.4) is 0 Å². The van der Waals surface area contributed by atoms with Crippen LogP contribution in [0.5, 0.6) is 0 Å². The Morgan fingerprint density at radius 2 is 2.00 bits per heavy atom. The summed E-state index contributed by atoms with van der Waals surface area (Å²) in [6.07, 6.45) is 1.24. The number of ether oxygens (including phenoxy) is 1. The normalized spacial score (nSPS) is 10.5. The molecule has 0 fully saturated rings. The van der Waals surface area contributed by atoms with Crippen LogP contribution in [0.15, 0.2) is 53.6 Å². The third kappa shape index (κ3) is 4.61. The molecule has 0 aliphatic carbocycles. The molecule has 0 spiro atoms. The summed E-state index contributed by atoms with van der Waals surface area (Å²) in [5.74, 6) is -1.39. The second kappa shape index (κ2) is 8.30. The van der Waals surface area contributed by atoms with Gasteiger partial charge in [0.1, 0.15) is 6.54 Å². The number of hydrogen-bond acceptors (Lipinski definition) is 7. The molecular weight excluding hydrogens is 380 g/mol. The highest BCUT2D eigenvalue weighted by molar-refractivity contribution is 5.93. The molecule has 0 radical (unpaired) electrons. The number of amides is 1. The minimum Gasteiger partial charge on any atom is -0.454 e. The second-order valence-corrected chi connectivity index (χ2v) is 6.16. The minimum atomic E-state index is -0.778. The molecule has 148 valence electrons. The standard InChI is InChI=1S/C19H16N4O6/c1-12-8-13(23(27)28)6-7-15(12)21-17(24)10-29-18(25)9-22-11-20-16-5-3-2-4-14(16)19(22)26/h2-8,11H,9-10H2,1H3,(H,21,24). The molecule has 2 aromatic carbocycles. The number of aryl methyl sites for hydroxylation is 1. The lowest BCUT2D eigenvalue weighted by Gasteiger charge is -2.09. The van der Waals surface area contributed by atoms with Crippen molar-refractivity contribution in [1.82, 2.24) is 9.55 Å². The summed E-state index contributed by atoms with van der Waals surface area (Å²) in [4.78, 5) is 50.6. The molecule has 3 rings (SSSR count). The fourth-order valence-electron chi connectivity index (χ4n) is 2.64. The number of nitrogens with one attached hydrogen (secondary N) is 1. The second-order valence-electron chi connectivity index (χ2n) is 6.16. The summed E-state index contributed by atoms with van der Waals surface area (Å²) in [5, 5.41) is 13.6. The van der Waals surface area contributed by atoms with Gasteiger partial charge in [-0.1, -0.05) is 12.1 Å². The van der Waals surface area contributed by atoms with Gasteiger partial charge in [0.05, 0.1) is 22.2 Å². The van der Waals surface area contributed by atoms with Crippen molar-refractivity contribution >= 4 is 34.2 Å². The largest absolute Gasteiger partial charge is 0.454 e. The number of non-ortho nitro benzene ring substituents is 1. The summed E-state index contributed by atoms with van der Waals surface area (Å²) in [7, 11) is 0. The first-order valence-electron chi connectivity index (χ1n) is 8.50. The molecule has 1 aromatic heterocycles. The molecule has 0 aliphatic heterocycles. The number of nitro benzene ring substituents is 1. The van der Waals surface area contributed by atoms with E-state index in [1.54, 1.807) is 31.2 Å². The zero-order chi connectivity index (χ0) is 21.0. The first-order chi connectivity index (χ1) is 13.8. The Morgan fingerprint density at radius 3 is 2.72 bits per heavy atom. The molecule has 0 atom stereocenters. The number of fused-ring (bicyclic) bond motifs is 1. The molecule has 0 saturated carbocycles. The van der Waals surface area contributed by atoms with Crippen LogP contribution in [0.2, 0.25) is 0 Å². The summed E-state index contributed by atoms with van der Waals surface area (Å²) in [5.41, 5.74) is 0.888. The van der Waals surface area contributed by atoms with E-state index in [2.05, 4.69) is 10.3 Å². The molecule has 1 N–H and O–H groups in total. The molecule has 0 unspecified atom stereocenters. The van der Waals surface area contributed by atoms with E-state index >= 15 is 0 Å². The summed E-state index contributed by atoms with van der Waals surface area (Å²) in [6.45, 7) is 0.652. The van der Waals surface area contributed by atoms with Crippen molar-refractivity contribution in [1.29, 1.82) is 0 Å². The number of carbonyl (C=O) groups excluding carboxylic acids is 2. The number of carbonyl (C=O) groups is 2. The third-order valence-electron chi connectivity index (χ3n) is 4.09. The predicted molar refractivity (Wildman–Crippen MR) is 103 cm³/mol. The molecule has 1 heterocycles. The third-order valence-corrected chi connectivity index (χ3v) is 4.09. The lowest BCUT2D eigenvalue weighted by atomic mass is 10.2. The van der Waals surface area contributed by atoms with Crippen LogP contribution < -0.4 is 10.9 Å². The Kier molecular flexibility index (Phi) is 5.63. The fourth-order valence-corrected chi connectivity index (χ4v) is 2.64. The Labute approximate surface area is 163 Å². The van der Waals surface area contributed by atoms with Gasteiger partial charge in [-0.15, -0.1) is 0 Å². The van der Waals surface area contributed by atoms with Gasteiger partial charge in [0, 0.05) is 17.8 Å². The van der Waals surface area contributed by atoms with Gasteiger partial charge in [-0.3, -0.25) is 29.1 Å². The van der Waals surface area contributed by atoms with Crippen molar-refractivity contribution in [3.05, 3.63) is 74.8 Å². The van der Waals surface area contributed by atoms with Crippen molar-refractivity contribution in [2.45, 2.75) is 13.5 Å². The van der Waals surface area contributed by atoms with E-state index in [0.29, 0.717) is 22.2 Å². The van der Waals surface area contributed by atoms with Crippen molar-refractivity contribution in [2.75, 3.05) is 11.9 Å². The zero-order valence-electron chi connectivity index (χ0n) is 15.3. The summed E-state index contributed by atoms with van der Waals surface area (Å²) < 4.78 is 6.00. The van der Waals surface area contributed by atoms with Gasteiger partial charge >= 0.3 is 5.97 Å². The van der Waals surface area contributed by atoms with E-state index in [1.165, 1.54) is 24.5 Å². The molecule has 1 amide bonds. The Hall–Kier alpha value is -4.08. The van der Waals surface area contributed by atoms with E-state index < -0.39 is 29.0 Å². The van der Waals surface area contributed by atoms with Gasteiger partial charge in [0.2, 0.25) is 0 Å². The summed E-state index contributed by atoms with van der Waals surface area (Å²) in [6, 6.07) is 10.7. The van der Waals surface area contributed by atoms with Gasteiger partial charge in [0.15, 0.2) is 6.61 Å². The quantitative estimate of drug-likeness (QED) is 0.381. The van der Waals surface area contributed by atoms with Gasteiger partial charge in [-0.05, 0) is 30.7 Å². The van der Waals surface area contributed by atoms with Gasteiger partial charge < -0.3 is 10.1 Å². The number of nitro groups is 1. The van der Waals surface area contributed by atoms with Crippen LogP contribution in [0.1, 0.15) is 5.56 Å². The first kappa shape index (κ1) is 19.7. The minimum absolute atomic E-state index is 0.0960. The highest BCUT2D eigenvalue weighted by Gasteiger charge is 2.13. The van der Waals surface area contributed by atoms with Crippen LogP contribution in [-0.2, 0) is 20.9 Å². The van der Waals surface area contributed by atoms with Gasteiger partial charge in [-0.25, -0.2) is 4.98 Å². The Balaban J connectivity index is 1.58. The Morgan fingerprint density at radius 1 is 1.24 bits per heavy atom. The molecular formula is C19H16N4O6. The van der Waals surface area contributed by atoms with E-state index in [0.717, 1.165) is 4.57 Å². The van der Waals surface area contributed by atoms with E-state index in [9.17, 15) is 24.5 Å². The Bertz CT molecular complexity index is 1170. The average Bonchev–Trinajstić information content (AvgIpc) is 2.70. The molecule has 0 bridgehead atoms. The fraction of sp³-hybridized carbons (Fsp3) is 0.158. The number of nitrogens with zero attached hydrogens (tertiary/aromatic N) is 3. The number of hydrogen-bond donors (Lipinski definition) is 1. The summed E-state index contributed by atoms with van der Waals surface area (Å²) >= 11 is 0. The molecule has 3 aromatic rings. The van der Waals surface area contributed by atoms with E-state index in [4.69, 9.17) is 4.74 Å². The van der Waals surface area contributed by atoms with Crippen molar-refractivity contribution in [3.63, 3.8) is 0 Å². The van der Waals surface area contributed by atoms with Crippen LogP contribution in [0, 0.1) is 17.0 Å². The zero-order valence-corrected chi connectivity index (χ0v) is 15.3. The van der Waals surface area contributed by atoms with E-state index in [1.807, 2.05) is 0 Å². The lowest BCUT2D eigenvalue weighted by molar-refractivity contribution is -0.384. The average molecular weight is 396 g/mol. The van der Waals surface area contributed by atoms with Gasteiger partial charge in [-0.2, -0.15) is 0 Å². The predicted octanol–water partition coefficient (Wildman–Crippen LogP) is 1.80. The SMILES string of the molecule is Cc1cc([N+](=O)[O-])ccc1NC(=O)COC(=O)Cn1cnc2ccccc2c1=O. The van der Waals surface area contributed by atoms with Gasteiger partial charge in [0.25, 0.3) is 17.2 Å². The maximum Gasteiger partial charge on any atom is 0.326 e. The number of rotatable bonds is 6. The van der Waals surface area contributed by atoms with Crippen molar-refractivity contribution in [3.8, 4) is 0 Å². The molecule has 10 heteroatoms. The maximum absolute atomic E-state index is 12.3. The topological polar surface area (TPSA) is 133 Å². The van der Waals surface area contributed by atoms with Crippen LogP contribution >= 0.6 is 0 Å². The number of anilines is 1. The monoisotopic (exact) mass is 396 g/mol. The smallest absolute Gasteiger partial charge is 0.326 e. The van der Waals surface area contributed by atoms with Crippen molar-refractivity contribution in [2.24, 2.45) is 0 Å². The number of para-hydroxylation sites is 1. The van der Waals surface area contributed by atoms with Crippen LogP contribution in [0.4, 0.5) is 11.4 Å². The van der Waals surface area contributed by atoms with E-state index in [-0.39, 0.29) is 12.2 Å². The van der Waals surface area contributed by atoms with Crippen LogP contribution in [0.25, 0.3) is 10.9 Å². The van der Waals surface area contributed by atoms with Crippen molar-refractivity contribution < 1.29 is 19.2 Å². The molecule has 10 nitrogen and oxygen atoms in total. The highest BCUT2D eigenvalue weighted by Crippen LogP contribution is 2.21. The first-order valence-corrected chi connectivity index (χ1v) is 8.50. The molecule has 0 aliphatic rings. The highest BCUT2D eigenvalue weighted by atomic mass is 16.6. The number of benzene rings is 2. The number of aromatic nitrogens is 2. The van der Waals surface area contributed by atoms with Crippen LogP contribution in [-0.4, -0.2) is 33.0 Å². The lowest BCUT2D eigenvalue weighted by Crippen LogP contribution is -2.28. The molecule has 0 saturated heterocycles. The number of esters is 1. The maximum atomic E-state index is 12.3. The molecule has 29 heavy (non-hydrogen) atoms.